The highest BCUT2D eigenvalue weighted by Gasteiger charge is 2.11. The van der Waals surface area contributed by atoms with Crippen molar-refractivity contribution >= 4 is 45.0 Å². The third kappa shape index (κ3) is 4.23. The van der Waals surface area contributed by atoms with Crippen molar-refractivity contribution in [2.45, 2.75) is 6.61 Å². The number of rotatable bonds is 5. The third-order valence-corrected chi connectivity index (χ3v) is 4.07. The predicted molar refractivity (Wildman–Crippen MR) is 98.4 cm³/mol. The van der Waals surface area contributed by atoms with Gasteiger partial charge in [0.05, 0.1) is 16.8 Å². The number of hydrogen-bond acceptors (Lipinski definition) is 3. The second-order valence-corrected chi connectivity index (χ2v) is 6.26. The Morgan fingerprint density at radius 3 is 2.50 bits per heavy atom. The quantitative estimate of drug-likeness (QED) is 0.595. The minimum absolute atomic E-state index is 0.0692. The minimum Gasteiger partial charge on any atom is -0.478 e. The van der Waals surface area contributed by atoms with Gasteiger partial charge in [0.25, 0.3) is 0 Å². The Labute approximate surface area is 155 Å². The van der Waals surface area contributed by atoms with Gasteiger partial charge in [-0.1, -0.05) is 34.1 Å². The molecule has 1 N–H and O–H groups in total. The van der Waals surface area contributed by atoms with Crippen LogP contribution in [0.2, 0.25) is 0 Å². The lowest BCUT2D eigenvalue weighted by atomic mass is 10.1. The molecule has 3 rings (SSSR count). The molecule has 0 bridgehead atoms. The maximum absolute atomic E-state index is 12.2. The standard InChI is InChI=1S/C19H12BrF2NO3/c20-12-4-8-17-15(9-12)16(18(24)25)10-13(23-17)5-1-11-2-6-14(7-3-11)26-19(21)22/h1-10,19H,(H,24,25). The fraction of sp³-hybridized carbons (Fsp3) is 0.0526. The van der Waals surface area contributed by atoms with Crippen molar-refractivity contribution in [2.24, 2.45) is 0 Å². The molecule has 0 atom stereocenters. The van der Waals surface area contributed by atoms with Gasteiger partial charge in [-0.25, -0.2) is 9.78 Å². The highest BCUT2D eigenvalue weighted by Crippen LogP contribution is 2.24. The predicted octanol–water partition coefficient (Wildman–Crippen LogP) is 5.47. The number of alkyl halides is 2. The van der Waals surface area contributed by atoms with Crippen molar-refractivity contribution in [3.8, 4) is 5.75 Å². The number of carbonyl (C=O) groups is 1. The Balaban J connectivity index is 1.92. The van der Waals surface area contributed by atoms with Crippen LogP contribution in [-0.4, -0.2) is 22.7 Å². The van der Waals surface area contributed by atoms with E-state index in [2.05, 4.69) is 25.7 Å². The topological polar surface area (TPSA) is 59.4 Å². The van der Waals surface area contributed by atoms with Gasteiger partial charge in [0.15, 0.2) is 0 Å². The molecule has 0 spiro atoms. The lowest BCUT2D eigenvalue weighted by Gasteiger charge is -2.05. The average Bonchev–Trinajstić information content (AvgIpc) is 2.60. The first-order valence-electron chi connectivity index (χ1n) is 7.49. The van der Waals surface area contributed by atoms with E-state index in [1.807, 2.05) is 0 Å². The van der Waals surface area contributed by atoms with E-state index < -0.39 is 12.6 Å². The van der Waals surface area contributed by atoms with Crippen molar-refractivity contribution in [2.75, 3.05) is 0 Å². The summed E-state index contributed by atoms with van der Waals surface area (Å²) >= 11 is 3.32. The number of aromatic nitrogens is 1. The SMILES string of the molecule is O=C(O)c1cc(C=Cc2ccc(OC(F)F)cc2)nc2ccc(Br)cc12. The largest absolute Gasteiger partial charge is 0.478 e. The highest BCUT2D eigenvalue weighted by atomic mass is 79.9. The first-order valence-corrected chi connectivity index (χ1v) is 8.28. The molecule has 4 nitrogen and oxygen atoms in total. The first-order chi connectivity index (χ1) is 12.4. The lowest BCUT2D eigenvalue weighted by Crippen LogP contribution is -2.01. The van der Waals surface area contributed by atoms with E-state index in [4.69, 9.17) is 0 Å². The molecule has 3 aromatic rings. The average molecular weight is 420 g/mol. The van der Waals surface area contributed by atoms with E-state index >= 15 is 0 Å². The molecule has 1 heterocycles. The van der Waals surface area contributed by atoms with Crippen LogP contribution in [0.5, 0.6) is 5.75 Å². The van der Waals surface area contributed by atoms with Crippen LogP contribution in [0.25, 0.3) is 23.1 Å². The highest BCUT2D eigenvalue weighted by molar-refractivity contribution is 9.10. The second kappa shape index (κ2) is 7.61. The van der Waals surface area contributed by atoms with Gasteiger partial charge in [-0.3, -0.25) is 0 Å². The number of carboxylic acids is 1. The number of fused-ring (bicyclic) bond motifs is 1. The molecule has 26 heavy (non-hydrogen) atoms. The van der Waals surface area contributed by atoms with Crippen molar-refractivity contribution < 1.29 is 23.4 Å². The van der Waals surface area contributed by atoms with Crippen molar-refractivity contribution in [3.63, 3.8) is 0 Å². The van der Waals surface area contributed by atoms with Gasteiger partial charge in [0.2, 0.25) is 0 Å². The van der Waals surface area contributed by atoms with Gasteiger partial charge in [0.1, 0.15) is 5.75 Å². The zero-order valence-corrected chi connectivity index (χ0v) is 14.8. The summed E-state index contributed by atoms with van der Waals surface area (Å²) in [4.78, 5) is 16.0. The van der Waals surface area contributed by atoms with Gasteiger partial charge in [0, 0.05) is 9.86 Å². The van der Waals surface area contributed by atoms with E-state index in [0.717, 1.165) is 10.0 Å². The van der Waals surface area contributed by atoms with Crippen LogP contribution in [-0.2, 0) is 0 Å². The Bertz CT molecular complexity index is 988. The maximum atomic E-state index is 12.2. The van der Waals surface area contributed by atoms with Crippen LogP contribution < -0.4 is 4.74 Å². The fourth-order valence-corrected chi connectivity index (χ4v) is 2.78. The van der Waals surface area contributed by atoms with Gasteiger partial charge >= 0.3 is 12.6 Å². The number of benzene rings is 2. The van der Waals surface area contributed by atoms with Crippen molar-refractivity contribution in [3.05, 3.63) is 69.8 Å². The molecule has 0 amide bonds. The normalized spacial score (nSPS) is 11.4. The molecule has 0 saturated carbocycles. The van der Waals surface area contributed by atoms with Crippen molar-refractivity contribution in [1.29, 1.82) is 0 Å². The summed E-state index contributed by atoms with van der Waals surface area (Å²) in [7, 11) is 0. The fourth-order valence-electron chi connectivity index (χ4n) is 2.42. The van der Waals surface area contributed by atoms with E-state index in [0.29, 0.717) is 16.6 Å². The minimum atomic E-state index is -2.87. The number of hydrogen-bond donors (Lipinski definition) is 1. The monoisotopic (exact) mass is 419 g/mol. The molecule has 0 saturated heterocycles. The Morgan fingerprint density at radius 1 is 1.12 bits per heavy atom. The summed E-state index contributed by atoms with van der Waals surface area (Å²) in [6.07, 6.45) is 3.38. The molecule has 7 heteroatoms. The van der Waals surface area contributed by atoms with Gasteiger partial charge in [-0.05, 0) is 48.0 Å². The Kier molecular flexibility index (Phi) is 5.27. The van der Waals surface area contributed by atoms with E-state index in [1.165, 1.54) is 18.2 Å². The van der Waals surface area contributed by atoms with Gasteiger partial charge in [-0.15, -0.1) is 0 Å². The Hall–Kier alpha value is -2.80. The number of halogens is 3. The maximum Gasteiger partial charge on any atom is 0.387 e. The molecule has 0 aliphatic heterocycles. The lowest BCUT2D eigenvalue weighted by molar-refractivity contribution is -0.0498. The zero-order valence-electron chi connectivity index (χ0n) is 13.2. The second-order valence-electron chi connectivity index (χ2n) is 5.34. The molecular formula is C19H12BrF2NO3. The van der Waals surface area contributed by atoms with Gasteiger partial charge in [-0.2, -0.15) is 8.78 Å². The Morgan fingerprint density at radius 2 is 1.85 bits per heavy atom. The number of carboxylic acid groups (broad SMARTS) is 1. The number of pyridine rings is 1. The van der Waals surface area contributed by atoms with E-state index in [-0.39, 0.29) is 11.3 Å². The molecular weight excluding hydrogens is 408 g/mol. The molecule has 1 aromatic heterocycles. The number of aromatic carboxylic acids is 1. The summed E-state index contributed by atoms with van der Waals surface area (Å²) < 4.78 is 29.4. The molecule has 0 fully saturated rings. The first kappa shape index (κ1) is 18.0. The molecule has 132 valence electrons. The smallest absolute Gasteiger partial charge is 0.387 e. The number of nitrogens with zero attached hydrogens (tertiary/aromatic N) is 1. The summed E-state index contributed by atoms with van der Waals surface area (Å²) in [5.74, 6) is -0.974. The summed E-state index contributed by atoms with van der Waals surface area (Å²) in [6, 6.07) is 12.8. The molecule has 2 aromatic carbocycles. The summed E-state index contributed by atoms with van der Waals surface area (Å²) in [6.45, 7) is -2.87. The van der Waals surface area contributed by atoms with Crippen LogP contribution in [0, 0.1) is 0 Å². The van der Waals surface area contributed by atoms with Gasteiger partial charge < -0.3 is 9.84 Å². The van der Waals surface area contributed by atoms with E-state index in [9.17, 15) is 18.7 Å². The van der Waals surface area contributed by atoms with Crippen LogP contribution in [0.3, 0.4) is 0 Å². The molecule has 0 aliphatic carbocycles. The summed E-state index contributed by atoms with van der Waals surface area (Å²) in [5, 5.41) is 9.98. The van der Waals surface area contributed by atoms with Crippen LogP contribution in [0.1, 0.15) is 21.6 Å². The van der Waals surface area contributed by atoms with Crippen LogP contribution in [0.15, 0.2) is 53.0 Å². The molecule has 0 aliphatic rings. The van der Waals surface area contributed by atoms with Crippen molar-refractivity contribution in [1.82, 2.24) is 4.98 Å². The molecule has 0 unspecified atom stereocenters. The van der Waals surface area contributed by atoms with Crippen LogP contribution >= 0.6 is 15.9 Å². The van der Waals surface area contributed by atoms with E-state index in [1.54, 1.807) is 42.5 Å². The molecule has 0 radical (unpaired) electrons. The summed E-state index contributed by atoms with van der Waals surface area (Å²) in [5.41, 5.74) is 1.93. The zero-order chi connectivity index (χ0) is 18.7. The van der Waals surface area contributed by atoms with Crippen LogP contribution in [0.4, 0.5) is 8.78 Å². The number of ether oxygens (including phenoxy) is 1. The third-order valence-electron chi connectivity index (χ3n) is 3.57.